The summed E-state index contributed by atoms with van der Waals surface area (Å²) in [6, 6.07) is 3.27. The predicted octanol–water partition coefficient (Wildman–Crippen LogP) is 2.54. The van der Waals surface area contributed by atoms with Gasteiger partial charge in [0, 0.05) is 44.5 Å². The van der Waals surface area contributed by atoms with Gasteiger partial charge in [0.15, 0.2) is 0 Å². The van der Waals surface area contributed by atoms with E-state index in [-0.39, 0.29) is 11.8 Å². The van der Waals surface area contributed by atoms with E-state index < -0.39 is 36.2 Å². The summed E-state index contributed by atoms with van der Waals surface area (Å²) in [5.41, 5.74) is 0.338. The highest BCUT2D eigenvalue weighted by Gasteiger charge is 2.47. The number of carbonyl (C=O) groups is 3. The van der Waals surface area contributed by atoms with Crippen molar-refractivity contribution in [2.75, 3.05) is 0 Å². The van der Waals surface area contributed by atoms with Gasteiger partial charge in [0.1, 0.15) is 18.3 Å². The van der Waals surface area contributed by atoms with Crippen molar-refractivity contribution in [2.24, 2.45) is 11.8 Å². The standard InChI is InChI=1S/C19H25NO6/c1-5-15-17(24-12(3)21)9-16(11(2)18(15)25-13(4)22)26-19(23)14-7-6-8-20-10-14/h6-8,10-11,15-18H,5,9H2,1-4H3/t11-,15+,16-,17+,18-/m1/s1. The molecule has 1 aromatic rings. The molecule has 0 saturated heterocycles. The minimum Gasteiger partial charge on any atom is -0.462 e. The Morgan fingerprint density at radius 2 is 1.81 bits per heavy atom. The van der Waals surface area contributed by atoms with Crippen LogP contribution in [0, 0.1) is 11.8 Å². The summed E-state index contributed by atoms with van der Waals surface area (Å²) in [7, 11) is 0. The summed E-state index contributed by atoms with van der Waals surface area (Å²) in [6.07, 6.45) is 2.51. The Kier molecular flexibility index (Phi) is 6.71. The summed E-state index contributed by atoms with van der Waals surface area (Å²) in [6.45, 7) is 6.50. The van der Waals surface area contributed by atoms with Crippen LogP contribution in [0.15, 0.2) is 24.5 Å². The van der Waals surface area contributed by atoms with Crippen LogP contribution in [0.5, 0.6) is 0 Å². The summed E-state index contributed by atoms with van der Waals surface area (Å²) < 4.78 is 16.6. The van der Waals surface area contributed by atoms with Gasteiger partial charge in [0.2, 0.25) is 0 Å². The molecule has 1 aromatic heterocycles. The van der Waals surface area contributed by atoms with E-state index in [4.69, 9.17) is 14.2 Å². The number of nitrogens with zero attached hydrogens (tertiary/aromatic N) is 1. The van der Waals surface area contributed by atoms with E-state index in [1.807, 2.05) is 13.8 Å². The van der Waals surface area contributed by atoms with Crippen LogP contribution in [-0.2, 0) is 23.8 Å². The largest absolute Gasteiger partial charge is 0.462 e. The van der Waals surface area contributed by atoms with E-state index in [1.54, 1.807) is 18.3 Å². The molecule has 1 aliphatic carbocycles. The number of esters is 3. The first-order chi connectivity index (χ1) is 12.3. The number of aromatic nitrogens is 1. The number of rotatable bonds is 5. The zero-order valence-electron chi connectivity index (χ0n) is 15.5. The first-order valence-corrected chi connectivity index (χ1v) is 8.78. The average molecular weight is 363 g/mol. The second-order valence-electron chi connectivity index (χ2n) is 6.57. The molecule has 7 heteroatoms. The summed E-state index contributed by atoms with van der Waals surface area (Å²) in [5, 5.41) is 0. The van der Waals surface area contributed by atoms with Gasteiger partial charge in [0.25, 0.3) is 0 Å². The van der Waals surface area contributed by atoms with Crippen molar-refractivity contribution in [3.8, 4) is 0 Å². The van der Waals surface area contributed by atoms with Crippen molar-refractivity contribution in [2.45, 2.75) is 58.8 Å². The lowest BCUT2D eigenvalue weighted by Crippen LogP contribution is -2.52. The van der Waals surface area contributed by atoms with E-state index >= 15 is 0 Å². The van der Waals surface area contributed by atoms with Gasteiger partial charge in [-0.3, -0.25) is 14.6 Å². The average Bonchev–Trinajstić information content (AvgIpc) is 2.59. The molecule has 0 unspecified atom stereocenters. The van der Waals surface area contributed by atoms with Crippen molar-refractivity contribution in [3.63, 3.8) is 0 Å². The highest BCUT2D eigenvalue weighted by molar-refractivity contribution is 5.89. The van der Waals surface area contributed by atoms with Crippen molar-refractivity contribution >= 4 is 17.9 Å². The number of hydrogen-bond acceptors (Lipinski definition) is 7. The lowest BCUT2D eigenvalue weighted by Gasteiger charge is -2.43. The Hall–Kier alpha value is -2.44. The minimum atomic E-state index is -0.542. The molecule has 1 saturated carbocycles. The Bertz CT molecular complexity index is 647. The Labute approximate surface area is 153 Å². The van der Waals surface area contributed by atoms with Crippen LogP contribution in [0.1, 0.15) is 50.9 Å². The number of pyridine rings is 1. The fourth-order valence-corrected chi connectivity index (χ4v) is 3.51. The molecule has 0 spiro atoms. The Morgan fingerprint density at radius 3 is 2.35 bits per heavy atom. The van der Waals surface area contributed by atoms with E-state index in [2.05, 4.69) is 4.98 Å². The summed E-state index contributed by atoms with van der Waals surface area (Å²) in [4.78, 5) is 39.3. The molecule has 142 valence electrons. The molecule has 7 nitrogen and oxygen atoms in total. The molecule has 1 aliphatic rings. The fraction of sp³-hybridized carbons (Fsp3) is 0.579. The van der Waals surface area contributed by atoms with Crippen LogP contribution in [0.3, 0.4) is 0 Å². The monoisotopic (exact) mass is 363 g/mol. The van der Waals surface area contributed by atoms with Gasteiger partial charge >= 0.3 is 17.9 Å². The maximum Gasteiger partial charge on any atom is 0.339 e. The van der Waals surface area contributed by atoms with Crippen molar-refractivity contribution in [1.29, 1.82) is 0 Å². The second kappa shape index (κ2) is 8.78. The highest BCUT2D eigenvalue weighted by Crippen LogP contribution is 2.37. The van der Waals surface area contributed by atoms with Gasteiger partial charge in [-0.05, 0) is 18.6 Å². The molecule has 2 rings (SSSR count). The maximum absolute atomic E-state index is 12.4. The second-order valence-corrected chi connectivity index (χ2v) is 6.57. The first-order valence-electron chi connectivity index (χ1n) is 8.78. The molecule has 0 aliphatic heterocycles. The number of ether oxygens (including phenoxy) is 3. The normalized spacial score (nSPS) is 28.1. The molecule has 5 atom stereocenters. The molecular formula is C19H25NO6. The molecule has 0 N–H and O–H groups in total. The first kappa shape index (κ1) is 19.9. The lowest BCUT2D eigenvalue weighted by molar-refractivity contribution is -0.180. The van der Waals surface area contributed by atoms with Gasteiger partial charge in [-0.1, -0.05) is 13.8 Å². The van der Waals surface area contributed by atoms with Gasteiger partial charge in [-0.15, -0.1) is 0 Å². The van der Waals surface area contributed by atoms with E-state index in [1.165, 1.54) is 20.0 Å². The molecule has 1 fully saturated rings. The Balaban J connectivity index is 2.22. The number of hydrogen-bond donors (Lipinski definition) is 0. The van der Waals surface area contributed by atoms with Crippen molar-refractivity contribution in [1.82, 2.24) is 4.98 Å². The fourth-order valence-electron chi connectivity index (χ4n) is 3.51. The van der Waals surface area contributed by atoms with E-state index in [0.29, 0.717) is 18.4 Å². The van der Waals surface area contributed by atoms with Crippen LogP contribution in [-0.4, -0.2) is 41.2 Å². The maximum atomic E-state index is 12.4. The molecule has 26 heavy (non-hydrogen) atoms. The topological polar surface area (TPSA) is 91.8 Å². The third-order valence-electron chi connectivity index (χ3n) is 4.72. The predicted molar refractivity (Wildman–Crippen MR) is 92.1 cm³/mol. The molecule has 0 amide bonds. The lowest BCUT2D eigenvalue weighted by atomic mass is 9.74. The third kappa shape index (κ3) is 4.80. The van der Waals surface area contributed by atoms with Crippen molar-refractivity contribution in [3.05, 3.63) is 30.1 Å². The van der Waals surface area contributed by atoms with Crippen molar-refractivity contribution < 1.29 is 28.6 Å². The third-order valence-corrected chi connectivity index (χ3v) is 4.72. The SMILES string of the molecule is CC[C@@H]1[C@H](OC(C)=O)[C@H](C)[C@H](OC(=O)c2cccnc2)C[C@@H]1OC(C)=O. The smallest absolute Gasteiger partial charge is 0.339 e. The quantitative estimate of drug-likeness (QED) is 0.586. The van der Waals surface area contributed by atoms with Gasteiger partial charge in [-0.2, -0.15) is 0 Å². The van der Waals surface area contributed by atoms with Crippen LogP contribution in [0.25, 0.3) is 0 Å². The van der Waals surface area contributed by atoms with E-state index in [9.17, 15) is 14.4 Å². The number of carbonyl (C=O) groups excluding carboxylic acids is 3. The molecule has 1 heterocycles. The molecule has 0 radical (unpaired) electrons. The van der Waals surface area contributed by atoms with Gasteiger partial charge in [0.05, 0.1) is 5.56 Å². The summed E-state index contributed by atoms with van der Waals surface area (Å²) >= 11 is 0. The molecule has 0 bridgehead atoms. The summed E-state index contributed by atoms with van der Waals surface area (Å²) in [5.74, 6) is -1.71. The van der Waals surface area contributed by atoms with Crippen LogP contribution in [0.4, 0.5) is 0 Å². The molecule has 0 aromatic carbocycles. The zero-order chi connectivity index (χ0) is 19.3. The van der Waals surface area contributed by atoms with Crippen LogP contribution >= 0.6 is 0 Å². The van der Waals surface area contributed by atoms with E-state index in [0.717, 1.165) is 0 Å². The molecular weight excluding hydrogens is 338 g/mol. The Morgan fingerprint density at radius 1 is 1.12 bits per heavy atom. The zero-order valence-corrected chi connectivity index (χ0v) is 15.5. The van der Waals surface area contributed by atoms with Crippen LogP contribution in [0.2, 0.25) is 0 Å². The van der Waals surface area contributed by atoms with Gasteiger partial charge in [-0.25, -0.2) is 4.79 Å². The minimum absolute atomic E-state index is 0.147. The van der Waals surface area contributed by atoms with Gasteiger partial charge < -0.3 is 14.2 Å². The van der Waals surface area contributed by atoms with Crippen LogP contribution < -0.4 is 0 Å². The highest BCUT2D eigenvalue weighted by atomic mass is 16.6.